The predicted molar refractivity (Wildman–Crippen MR) is 103 cm³/mol. The second-order valence-electron chi connectivity index (χ2n) is 8.50. The summed E-state index contributed by atoms with van der Waals surface area (Å²) in [5, 5.41) is 0. The molecule has 4 aliphatic rings. The summed E-state index contributed by atoms with van der Waals surface area (Å²) in [7, 11) is 0. The maximum atomic E-state index is 12.6. The molecule has 30 heavy (non-hydrogen) atoms. The number of aromatic nitrogens is 3. The summed E-state index contributed by atoms with van der Waals surface area (Å²) in [6.07, 6.45) is 2.50. The van der Waals surface area contributed by atoms with Crippen LogP contribution in [0.4, 0.5) is 19.0 Å². The van der Waals surface area contributed by atoms with Crippen LogP contribution in [0.3, 0.4) is 0 Å². The van der Waals surface area contributed by atoms with Gasteiger partial charge in [-0.1, -0.05) is 6.92 Å². The van der Waals surface area contributed by atoms with Gasteiger partial charge in [0.15, 0.2) is 11.6 Å². The largest absolute Gasteiger partial charge is 0.573 e. The zero-order chi connectivity index (χ0) is 21.1. The monoisotopic (exact) mass is 423 g/mol. The SMILES string of the molecule is CCc1nc(-c2cnc(N)c(OC(F)(F)F)c2)cn1C12CC(N3CCOCC3)(C1)C2. The van der Waals surface area contributed by atoms with E-state index in [0.717, 1.165) is 57.8 Å². The van der Waals surface area contributed by atoms with Crippen LogP contribution >= 0.6 is 0 Å². The zero-order valence-corrected chi connectivity index (χ0v) is 16.7. The molecule has 1 aliphatic heterocycles. The molecule has 3 heterocycles. The number of nitrogen functional groups attached to an aromatic ring is 1. The minimum absolute atomic E-state index is 0.0570. The van der Waals surface area contributed by atoms with Crippen molar-refractivity contribution in [2.45, 2.75) is 50.0 Å². The van der Waals surface area contributed by atoms with Crippen molar-refractivity contribution in [3.63, 3.8) is 0 Å². The third-order valence-corrected chi connectivity index (χ3v) is 6.67. The summed E-state index contributed by atoms with van der Waals surface area (Å²) >= 11 is 0. The number of nitrogens with two attached hydrogens (primary N) is 1. The van der Waals surface area contributed by atoms with Crippen molar-refractivity contribution in [3.8, 4) is 17.0 Å². The van der Waals surface area contributed by atoms with Gasteiger partial charge in [-0.25, -0.2) is 9.97 Å². The highest BCUT2D eigenvalue weighted by Crippen LogP contribution is 2.68. The van der Waals surface area contributed by atoms with Gasteiger partial charge in [0.05, 0.1) is 24.4 Å². The van der Waals surface area contributed by atoms with E-state index >= 15 is 0 Å². The predicted octanol–water partition coefficient (Wildman–Crippen LogP) is 2.95. The molecule has 0 aromatic carbocycles. The molecular formula is C20H24F3N5O2. The molecule has 1 saturated heterocycles. The third-order valence-electron chi connectivity index (χ3n) is 6.67. The van der Waals surface area contributed by atoms with Crippen LogP contribution in [0.5, 0.6) is 5.75 Å². The van der Waals surface area contributed by atoms with Crippen molar-refractivity contribution in [3.05, 3.63) is 24.3 Å². The molecule has 0 atom stereocenters. The Hall–Kier alpha value is -2.33. The minimum Gasteiger partial charge on any atom is -0.402 e. The first kappa shape index (κ1) is 19.6. The highest BCUT2D eigenvalue weighted by Gasteiger charge is 2.71. The standard InChI is InChI=1S/C20H24F3N5O2/c1-2-16-26-14(13-7-15(17(24)25-8-13)30-20(21,22)23)9-28(16)19-10-18(11-19,12-19)27-3-5-29-6-4-27/h7-9H,2-6,10-12H2,1H3,(H2,24,25). The van der Waals surface area contributed by atoms with E-state index in [1.54, 1.807) is 0 Å². The van der Waals surface area contributed by atoms with Gasteiger partial charge in [-0.05, 0) is 25.3 Å². The van der Waals surface area contributed by atoms with Crippen molar-refractivity contribution in [1.29, 1.82) is 0 Å². The van der Waals surface area contributed by atoms with Crippen molar-refractivity contribution >= 4 is 5.82 Å². The van der Waals surface area contributed by atoms with Gasteiger partial charge < -0.3 is 19.8 Å². The molecule has 3 saturated carbocycles. The molecular weight excluding hydrogens is 399 g/mol. The molecule has 7 nitrogen and oxygen atoms in total. The summed E-state index contributed by atoms with van der Waals surface area (Å²) in [5.74, 6) is 0.109. The Labute approximate surface area is 172 Å². The number of aryl methyl sites for hydroxylation is 1. The van der Waals surface area contributed by atoms with Crippen LogP contribution in [0, 0.1) is 0 Å². The highest BCUT2D eigenvalue weighted by molar-refractivity contribution is 5.64. The smallest absolute Gasteiger partial charge is 0.402 e. The molecule has 162 valence electrons. The van der Waals surface area contributed by atoms with Crippen LogP contribution in [-0.2, 0) is 16.7 Å². The second kappa shape index (κ2) is 6.58. The molecule has 0 radical (unpaired) electrons. The maximum absolute atomic E-state index is 12.6. The fourth-order valence-corrected chi connectivity index (χ4v) is 5.33. The van der Waals surface area contributed by atoms with E-state index in [1.165, 1.54) is 12.3 Å². The van der Waals surface area contributed by atoms with E-state index in [-0.39, 0.29) is 16.9 Å². The fraction of sp³-hybridized carbons (Fsp3) is 0.600. The number of ether oxygens (including phenoxy) is 2. The average molecular weight is 423 g/mol. The number of halogens is 3. The number of hydrogen-bond acceptors (Lipinski definition) is 6. The summed E-state index contributed by atoms with van der Waals surface area (Å²) in [6, 6.07) is 1.25. The van der Waals surface area contributed by atoms with E-state index < -0.39 is 12.1 Å². The van der Waals surface area contributed by atoms with Crippen LogP contribution in [0.15, 0.2) is 18.5 Å². The van der Waals surface area contributed by atoms with Gasteiger partial charge >= 0.3 is 6.36 Å². The van der Waals surface area contributed by atoms with Gasteiger partial charge in [-0.15, -0.1) is 13.2 Å². The second-order valence-corrected chi connectivity index (χ2v) is 8.50. The Kier molecular flexibility index (Phi) is 4.31. The van der Waals surface area contributed by atoms with E-state index in [1.807, 2.05) is 13.1 Å². The van der Waals surface area contributed by atoms with Gasteiger partial charge in [0.25, 0.3) is 0 Å². The number of morpholine rings is 1. The van der Waals surface area contributed by atoms with Crippen LogP contribution in [-0.4, -0.2) is 57.6 Å². The molecule has 0 spiro atoms. The zero-order valence-electron chi connectivity index (χ0n) is 16.7. The Bertz CT molecular complexity index is 948. The Morgan fingerprint density at radius 1 is 1.20 bits per heavy atom. The summed E-state index contributed by atoms with van der Waals surface area (Å²) < 4.78 is 49.6. The molecule has 6 rings (SSSR count). The Morgan fingerprint density at radius 3 is 2.53 bits per heavy atom. The highest BCUT2D eigenvalue weighted by atomic mass is 19.4. The molecule has 0 amide bonds. The lowest BCUT2D eigenvalue weighted by Gasteiger charge is -2.74. The molecule has 2 aromatic rings. The first-order valence-electron chi connectivity index (χ1n) is 10.2. The number of anilines is 1. The van der Waals surface area contributed by atoms with Crippen molar-refractivity contribution in [2.75, 3.05) is 32.0 Å². The number of nitrogens with zero attached hydrogens (tertiary/aromatic N) is 4. The van der Waals surface area contributed by atoms with Crippen LogP contribution in [0.1, 0.15) is 32.0 Å². The summed E-state index contributed by atoms with van der Waals surface area (Å²) in [5.41, 5.74) is 6.91. The van der Waals surface area contributed by atoms with Gasteiger partial charge in [-0.3, -0.25) is 4.90 Å². The molecule has 2 aromatic heterocycles. The Morgan fingerprint density at radius 2 is 1.90 bits per heavy atom. The number of rotatable bonds is 5. The lowest BCUT2D eigenvalue weighted by Crippen LogP contribution is -2.79. The minimum atomic E-state index is -4.83. The van der Waals surface area contributed by atoms with E-state index in [0.29, 0.717) is 11.3 Å². The molecule has 4 fully saturated rings. The molecule has 2 bridgehead atoms. The lowest BCUT2D eigenvalue weighted by molar-refractivity contribution is -0.274. The summed E-state index contributed by atoms with van der Waals surface area (Å²) in [4.78, 5) is 11.1. The maximum Gasteiger partial charge on any atom is 0.573 e. The van der Waals surface area contributed by atoms with Crippen molar-refractivity contribution in [1.82, 2.24) is 19.4 Å². The number of hydrogen-bond donors (Lipinski definition) is 1. The average Bonchev–Trinajstić information content (AvgIpc) is 3.05. The molecule has 3 aliphatic carbocycles. The van der Waals surface area contributed by atoms with E-state index in [9.17, 15) is 13.2 Å². The molecule has 2 N–H and O–H groups in total. The topological polar surface area (TPSA) is 78.4 Å². The van der Waals surface area contributed by atoms with Gasteiger partial charge in [-0.2, -0.15) is 0 Å². The summed E-state index contributed by atoms with van der Waals surface area (Å²) in [6.45, 7) is 5.56. The number of alkyl halides is 3. The van der Waals surface area contributed by atoms with Crippen LogP contribution in [0.2, 0.25) is 0 Å². The normalized spacial score (nSPS) is 28.7. The van der Waals surface area contributed by atoms with Crippen molar-refractivity contribution < 1.29 is 22.6 Å². The first-order valence-corrected chi connectivity index (χ1v) is 10.2. The molecule has 0 unspecified atom stereocenters. The number of imidazole rings is 1. The van der Waals surface area contributed by atoms with Crippen molar-refractivity contribution in [2.24, 2.45) is 0 Å². The van der Waals surface area contributed by atoms with Gasteiger partial charge in [0.2, 0.25) is 0 Å². The van der Waals surface area contributed by atoms with Crippen LogP contribution < -0.4 is 10.5 Å². The van der Waals surface area contributed by atoms with Crippen LogP contribution in [0.25, 0.3) is 11.3 Å². The quantitative estimate of drug-likeness (QED) is 0.797. The Balaban J connectivity index is 1.39. The first-order chi connectivity index (χ1) is 14.2. The lowest BCUT2D eigenvalue weighted by atomic mass is 9.43. The van der Waals surface area contributed by atoms with E-state index in [2.05, 4.69) is 24.2 Å². The van der Waals surface area contributed by atoms with E-state index in [4.69, 9.17) is 10.5 Å². The van der Waals surface area contributed by atoms with Gasteiger partial charge in [0, 0.05) is 43.0 Å². The molecule has 10 heteroatoms. The van der Waals surface area contributed by atoms with Gasteiger partial charge in [0.1, 0.15) is 5.82 Å². The third kappa shape index (κ3) is 3.04. The fourth-order valence-electron chi connectivity index (χ4n) is 5.33. The number of pyridine rings is 1.